The van der Waals surface area contributed by atoms with Crippen molar-refractivity contribution in [2.75, 3.05) is 6.61 Å². The Morgan fingerprint density at radius 1 is 1.50 bits per heavy atom. The lowest BCUT2D eigenvalue weighted by molar-refractivity contribution is 0.0528. The molecule has 2 heterocycles. The standard InChI is InChI=1S/C11H15N3O2/c1-4-16-11(15)9-7-12-14-6-5-13(8(2)3)10(9)14/h5-8H,4H2,1-3H3. The molecule has 0 aliphatic carbocycles. The Morgan fingerprint density at radius 2 is 2.25 bits per heavy atom. The highest BCUT2D eigenvalue weighted by atomic mass is 16.5. The van der Waals surface area contributed by atoms with Gasteiger partial charge in [-0.05, 0) is 20.8 Å². The Morgan fingerprint density at radius 3 is 2.88 bits per heavy atom. The van der Waals surface area contributed by atoms with Gasteiger partial charge < -0.3 is 9.30 Å². The molecular weight excluding hydrogens is 206 g/mol. The molecule has 0 saturated carbocycles. The summed E-state index contributed by atoms with van der Waals surface area (Å²) in [4.78, 5) is 11.7. The summed E-state index contributed by atoms with van der Waals surface area (Å²) in [6.07, 6.45) is 5.29. The summed E-state index contributed by atoms with van der Waals surface area (Å²) in [6, 6.07) is 0.280. The van der Waals surface area contributed by atoms with Crippen LogP contribution in [0.4, 0.5) is 0 Å². The van der Waals surface area contributed by atoms with Gasteiger partial charge in [-0.15, -0.1) is 0 Å². The molecule has 0 unspecified atom stereocenters. The van der Waals surface area contributed by atoms with E-state index in [2.05, 4.69) is 18.9 Å². The van der Waals surface area contributed by atoms with Crippen molar-refractivity contribution in [3.63, 3.8) is 0 Å². The molecule has 0 atom stereocenters. The van der Waals surface area contributed by atoms with Crippen molar-refractivity contribution >= 4 is 11.6 Å². The lowest BCUT2D eigenvalue weighted by Gasteiger charge is -2.08. The molecule has 0 spiro atoms. The van der Waals surface area contributed by atoms with Crippen LogP contribution in [-0.4, -0.2) is 26.8 Å². The molecule has 0 amide bonds. The van der Waals surface area contributed by atoms with Crippen molar-refractivity contribution in [3.05, 3.63) is 24.2 Å². The zero-order valence-electron chi connectivity index (χ0n) is 9.67. The van der Waals surface area contributed by atoms with E-state index in [-0.39, 0.29) is 12.0 Å². The molecule has 0 aliphatic heterocycles. The van der Waals surface area contributed by atoms with Crippen molar-refractivity contribution in [1.29, 1.82) is 0 Å². The molecule has 0 fully saturated rings. The zero-order valence-corrected chi connectivity index (χ0v) is 9.67. The molecular formula is C11H15N3O2. The lowest BCUT2D eigenvalue weighted by Crippen LogP contribution is -2.07. The van der Waals surface area contributed by atoms with Crippen molar-refractivity contribution in [3.8, 4) is 0 Å². The smallest absolute Gasteiger partial charge is 0.343 e. The van der Waals surface area contributed by atoms with Crippen LogP contribution in [0.3, 0.4) is 0 Å². The van der Waals surface area contributed by atoms with E-state index < -0.39 is 0 Å². The number of hydrogen-bond acceptors (Lipinski definition) is 3. The second-order valence-corrected chi connectivity index (χ2v) is 3.85. The van der Waals surface area contributed by atoms with E-state index in [0.717, 1.165) is 5.65 Å². The molecule has 5 heteroatoms. The van der Waals surface area contributed by atoms with Crippen LogP contribution in [0.2, 0.25) is 0 Å². The normalized spacial score (nSPS) is 11.2. The third kappa shape index (κ3) is 1.58. The van der Waals surface area contributed by atoms with Crippen molar-refractivity contribution < 1.29 is 9.53 Å². The molecule has 0 aromatic carbocycles. The fraction of sp³-hybridized carbons (Fsp3) is 0.455. The number of aromatic nitrogens is 3. The van der Waals surface area contributed by atoms with E-state index in [1.165, 1.54) is 0 Å². The van der Waals surface area contributed by atoms with Gasteiger partial charge in [0.05, 0.1) is 12.8 Å². The minimum absolute atomic E-state index is 0.280. The van der Waals surface area contributed by atoms with E-state index in [1.807, 2.05) is 17.0 Å². The van der Waals surface area contributed by atoms with Gasteiger partial charge in [0.15, 0.2) is 5.65 Å². The largest absolute Gasteiger partial charge is 0.462 e. The summed E-state index contributed by atoms with van der Waals surface area (Å²) in [5, 5.41) is 4.12. The summed E-state index contributed by atoms with van der Waals surface area (Å²) in [6.45, 7) is 6.28. The van der Waals surface area contributed by atoms with E-state index in [4.69, 9.17) is 4.74 Å². The molecule has 86 valence electrons. The van der Waals surface area contributed by atoms with E-state index >= 15 is 0 Å². The second kappa shape index (κ2) is 4.00. The fourth-order valence-corrected chi connectivity index (χ4v) is 1.70. The average Bonchev–Trinajstić information content (AvgIpc) is 2.76. The zero-order chi connectivity index (χ0) is 11.7. The molecule has 5 nitrogen and oxygen atoms in total. The van der Waals surface area contributed by atoms with Gasteiger partial charge in [-0.25, -0.2) is 9.31 Å². The molecule has 2 aromatic rings. The monoisotopic (exact) mass is 221 g/mol. The third-order valence-electron chi connectivity index (χ3n) is 2.43. The average molecular weight is 221 g/mol. The Labute approximate surface area is 93.6 Å². The number of hydrogen-bond donors (Lipinski definition) is 0. The minimum atomic E-state index is -0.321. The van der Waals surface area contributed by atoms with Gasteiger partial charge in [0.2, 0.25) is 0 Å². The molecule has 0 N–H and O–H groups in total. The number of carbonyl (C=O) groups excluding carboxylic acids is 1. The van der Waals surface area contributed by atoms with Gasteiger partial charge in [-0.3, -0.25) is 0 Å². The highest BCUT2D eigenvalue weighted by Gasteiger charge is 2.17. The highest BCUT2D eigenvalue weighted by molar-refractivity contribution is 5.95. The molecule has 16 heavy (non-hydrogen) atoms. The van der Waals surface area contributed by atoms with Gasteiger partial charge in [-0.1, -0.05) is 0 Å². The number of ether oxygens (including phenoxy) is 1. The molecule has 0 bridgehead atoms. The van der Waals surface area contributed by atoms with Gasteiger partial charge in [0, 0.05) is 18.4 Å². The minimum Gasteiger partial charge on any atom is -0.462 e. The Hall–Kier alpha value is -1.78. The predicted octanol–water partition coefficient (Wildman–Crippen LogP) is 1.89. The summed E-state index contributed by atoms with van der Waals surface area (Å²) in [5.41, 5.74) is 1.30. The lowest BCUT2D eigenvalue weighted by atomic mass is 10.3. The Kier molecular flexibility index (Phi) is 2.68. The first-order chi connectivity index (χ1) is 7.65. The molecule has 2 rings (SSSR count). The van der Waals surface area contributed by atoms with Crippen molar-refractivity contribution in [1.82, 2.24) is 14.2 Å². The van der Waals surface area contributed by atoms with Crippen LogP contribution in [0, 0.1) is 0 Å². The molecule has 0 radical (unpaired) electrons. The van der Waals surface area contributed by atoms with Gasteiger partial charge in [-0.2, -0.15) is 5.10 Å². The van der Waals surface area contributed by atoms with Crippen LogP contribution >= 0.6 is 0 Å². The molecule has 2 aromatic heterocycles. The van der Waals surface area contributed by atoms with E-state index in [1.54, 1.807) is 17.6 Å². The third-order valence-corrected chi connectivity index (χ3v) is 2.43. The maximum Gasteiger partial charge on any atom is 0.343 e. The Balaban J connectivity index is 2.53. The molecule has 0 aliphatic rings. The summed E-state index contributed by atoms with van der Waals surface area (Å²) < 4.78 is 8.68. The number of fused-ring (bicyclic) bond motifs is 1. The number of rotatable bonds is 3. The van der Waals surface area contributed by atoms with Gasteiger partial charge in [0.1, 0.15) is 5.56 Å². The SMILES string of the molecule is CCOC(=O)c1cnn2ccn(C(C)C)c12. The fourth-order valence-electron chi connectivity index (χ4n) is 1.70. The maximum atomic E-state index is 11.7. The number of esters is 1. The first kappa shape index (κ1) is 10.7. The number of carbonyl (C=O) groups is 1. The van der Waals surface area contributed by atoms with Gasteiger partial charge >= 0.3 is 5.97 Å². The van der Waals surface area contributed by atoms with Crippen LogP contribution in [0.15, 0.2) is 18.6 Å². The van der Waals surface area contributed by atoms with Crippen LogP contribution in [0.25, 0.3) is 5.65 Å². The van der Waals surface area contributed by atoms with E-state index in [9.17, 15) is 4.79 Å². The summed E-state index contributed by atoms with van der Waals surface area (Å²) >= 11 is 0. The maximum absolute atomic E-state index is 11.7. The summed E-state index contributed by atoms with van der Waals surface area (Å²) in [5.74, 6) is -0.321. The van der Waals surface area contributed by atoms with Crippen LogP contribution in [-0.2, 0) is 4.74 Å². The summed E-state index contributed by atoms with van der Waals surface area (Å²) in [7, 11) is 0. The number of nitrogens with zero attached hydrogens (tertiary/aromatic N) is 3. The first-order valence-electron chi connectivity index (χ1n) is 5.36. The van der Waals surface area contributed by atoms with Gasteiger partial charge in [0.25, 0.3) is 0 Å². The predicted molar refractivity (Wildman–Crippen MR) is 59.5 cm³/mol. The number of imidazole rings is 1. The second-order valence-electron chi connectivity index (χ2n) is 3.85. The van der Waals surface area contributed by atoms with Crippen LogP contribution in [0.5, 0.6) is 0 Å². The topological polar surface area (TPSA) is 48.5 Å². The quantitative estimate of drug-likeness (QED) is 0.744. The molecule has 0 saturated heterocycles. The van der Waals surface area contributed by atoms with Crippen molar-refractivity contribution in [2.24, 2.45) is 0 Å². The van der Waals surface area contributed by atoms with E-state index in [0.29, 0.717) is 12.2 Å². The Bertz CT molecular complexity index is 510. The van der Waals surface area contributed by atoms with Crippen LogP contribution < -0.4 is 0 Å². The van der Waals surface area contributed by atoms with Crippen LogP contribution in [0.1, 0.15) is 37.2 Å². The first-order valence-corrected chi connectivity index (χ1v) is 5.36. The van der Waals surface area contributed by atoms with Crippen molar-refractivity contribution in [2.45, 2.75) is 26.8 Å². The highest BCUT2D eigenvalue weighted by Crippen LogP contribution is 2.17.